The smallest absolute Gasteiger partial charge is 0.325 e. The van der Waals surface area contributed by atoms with Gasteiger partial charge >= 0.3 is 17.3 Å². The minimum absolute atomic E-state index is 0.291. The van der Waals surface area contributed by atoms with Crippen LogP contribution in [0.3, 0.4) is 0 Å². The first-order valence-electron chi connectivity index (χ1n) is 5.61. The molecule has 1 aromatic rings. The van der Waals surface area contributed by atoms with E-state index < -0.39 is 43.6 Å². The van der Waals surface area contributed by atoms with Crippen molar-refractivity contribution in [2.45, 2.75) is 6.92 Å². The largest absolute Gasteiger partial charge is 0.478 e. The summed E-state index contributed by atoms with van der Waals surface area (Å²) in [5.74, 6) is -1.37. The predicted octanol–water partition coefficient (Wildman–Crippen LogP) is 1.35. The maximum absolute atomic E-state index is 10.9. The monoisotopic (exact) mass is 315 g/mol. The molecular weight excluding hydrogens is 306 g/mol. The van der Waals surface area contributed by atoms with E-state index in [9.17, 15) is 35.1 Å². The summed E-state index contributed by atoms with van der Waals surface area (Å²) in [4.78, 5) is 40.0. The van der Waals surface area contributed by atoms with Crippen molar-refractivity contribution in [2.75, 3.05) is 13.2 Å². The summed E-state index contributed by atoms with van der Waals surface area (Å²) < 4.78 is 9.41. The van der Waals surface area contributed by atoms with Crippen LogP contribution in [-0.2, 0) is 9.53 Å². The Balaban J connectivity index is 3.21. The van der Waals surface area contributed by atoms with E-state index in [1.807, 2.05) is 0 Å². The molecule has 12 heteroatoms. The van der Waals surface area contributed by atoms with Crippen molar-refractivity contribution in [3.63, 3.8) is 0 Å². The number of carbonyl (C=O) groups is 1. The van der Waals surface area contributed by atoms with E-state index in [0.29, 0.717) is 12.1 Å². The Bertz CT molecular complexity index is 608. The van der Waals surface area contributed by atoms with E-state index in [1.165, 1.54) is 0 Å². The minimum atomic E-state index is -1.04. The molecule has 12 nitrogen and oxygen atoms in total. The second kappa shape index (κ2) is 6.92. The summed E-state index contributed by atoms with van der Waals surface area (Å²) >= 11 is 0. The SMILES string of the molecule is CC(=O)OCCOc1c([N+](=O)[O-])cc([N+](=O)[O-])cc1[N+](=O)[O-]. The summed E-state index contributed by atoms with van der Waals surface area (Å²) in [6.07, 6.45) is 0. The number of ether oxygens (including phenoxy) is 2. The van der Waals surface area contributed by atoms with E-state index in [4.69, 9.17) is 4.74 Å². The van der Waals surface area contributed by atoms with Crippen molar-refractivity contribution < 1.29 is 29.0 Å². The van der Waals surface area contributed by atoms with Crippen LogP contribution in [-0.4, -0.2) is 34.0 Å². The Labute approximate surface area is 121 Å². The van der Waals surface area contributed by atoms with E-state index in [2.05, 4.69) is 4.74 Å². The molecule has 0 saturated carbocycles. The molecule has 118 valence electrons. The number of rotatable bonds is 7. The first kappa shape index (κ1) is 16.7. The van der Waals surface area contributed by atoms with Crippen LogP contribution in [0.5, 0.6) is 5.75 Å². The summed E-state index contributed by atoms with van der Waals surface area (Å²) in [5.41, 5.74) is -2.67. The minimum Gasteiger partial charge on any atom is -0.478 e. The maximum atomic E-state index is 10.9. The molecule has 22 heavy (non-hydrogen) atoms. The van der Waals surface area contributed by atoms with Crippen molar-refractivity contribution in [1.82, 2.24) is 0 Å². The lowest BCUT2D eigenvalue weighted by atomic mass is 10.2. The predicted molar refractivity (Wildman–Crippen MR) is 68.5 cm³/mol. The van der Waals surface area contributed by atoms with Gasteiger partial charge in [-0.25, -0.2) is 0 Å². The van der Waals surface area contributed by atoms with Gasteiger partial charge in [-0.05, 0) is 0 Å². The standard InChI is InChI=1S/C10H9N3O9/c1-6(14)21-2-3-22-10-8(12(17)18)4-7(11(15)16)5-9(10)13(19)20/h4-5H,2-3H2,1H3. The molecule has 0 spiro atoms. The maximum Gasteiger partial charge on any atom is 0.325 e. The molecule has 0 heterocycles. The summed E-state index contributed by atoms with van der Waals surface area (Å²) in [6, 6.07) is 1.10. The van der Waals surface area contributed by atoms with Crippen LogP contribution >= 0.6 is 0 Å². The molecule has 0 bridgehead atoms. The van der Waals surface area contributed by atoms with Gasteiger partial charge in [0.05, 0.1) is 26.9 Å². The van der Waals surface area contributed by atoms with E-state index >= 15 is 0 Å². The van der Waals surface area contributed by atoms with Crippen LogP contribution in [0, 0.1) is 30.3 Å². The summed E-state index contributed by atoms with van der Waals surface area (Å²) in [6.45, 7) is 0.441. The fraction of sp³-hybridized carbons (Fsp3) is 0.300. The first-order valence-corrected chi connectivity index (χ1v) is 5.61. The van der Waals surface area contributed by atoms with Gasteiger partial charge in [-0.15, -0.1) is 0 Å². The fourth-order valence-electron chi connectivity index (χ4n) is 1.44. The summed E-state index contributed by atoms with van der Waals surface area (Å²) in [7, 11) is 0. The molecule has 0 saturated heterocycles. The highest BCUT2D eigenvalue weighted by Crippen LogP contribution is 2.40. The van der Waals surface area contributed by atoms with Gasteiger partial charge in [-0.2, -0.15) is 0 Å². The molecule has 0 unspecified atom stereocenters. The van der Waals surface area contributed by atoms with Gasteiger partial charge in [0, 0.05) is 6.92 Å². The van der Waals surface area contributed by atoms with Gasteiger partial charge in [0.15, 0.2) is 0 Å². The Kier molecular flexibility index (Phi) is 5.26. The number of carbonyl (C=O) groups excluding carboxylic acids is 1. The third-order valence-electron chi connectivity index (χ3n) is 2.27. The Morgan fingerprint density at radius 3 is 1.86 bits per heavy atom. The van der Waals surface area contributed by atoms with E-state index in [-0.39, 0.29) is 13.2 Å². The van der Waals surface area contributed by atoms with Crippen molar-refractivity contribution in [3.8, 4) is 5.75 Å². The second-order valence-electron chi connectivity index (χ2n) is 3.77. The molecule has 0 aromatic heterocycles. The van der Waals surface area contributed by atoms with Crippen molar-refractivity contribution in [2.24, 2.45) is 0 Å². The molecule has 0 aliphatic rings. The van der Waals surface area contributed by atoms with Crippen LogP contribution in [0.15, 0.2) is 12.1 Å². The second-order valence-corrected chi connectivity index (χ2v) is 3.77. The number of nitro benzene ring substituents is 3. The van der Waals surface area contributed by atoms with E-state index in [0.717, 1.165) is 6.92 Å². The van der Waals surface area contributed by atoms with Gasteiger partial charge in [0.25, 0.3) is 11.4 Å². The van der Waals surface area contributed by atoms with Crippen LogP contribution in [0.4, 0.5) is 17.1 Å². The molecule has 0 atom stereocenters. The number of benzene rings is 1. The Hall–Kier alpha value is -3.31. The number of nitrogens with zero attached hydrogens (tertiary/aromatic N) is 3. The first-order chi connectivity index (χ1) is 10.2. The third-order valence-corrected chi connectivity index (χ3v) is 2.27. The zero-order valence-electron chi connectivity index (χ0n) is 11.1. The quantitative estimate of drug-likeness (QED) is 0.312. The number of non-ortho nitro benzene ring substituents is 1. The molecule has 0 aliphatic heterocycles. The Morgan fingerprint density at radius 1 is 1.00 bits per heavy atom. The van der Waals surface area contributed by atoms with Gasteiger partial charge in [0.1, 0.15) is 13.2 Å². The molecule has 0 aliphatic carbocycles. The van der Waals surface area contributed by atoms with E-state index in [1.54, 1.807) is 0 Å². The lowest BCUT2D eigenvalue weighted by molar-refractivity contribution is -0.404. The van der Waals surface area contributed by atoms with Crippen molar-refractivity contribution in [1.29, 1.82) is 0 Å². The van der Waals surface area contributed by atoms with Gasteiger partial charge in [-0.1, -0.05) is 0 Å². The zero-order chi connectivity index (χ0) is 16.9. The lowest BCUT2D eigenvalue weighted by Gasteiger charge is -2.07. The molecule has 0 amide bonds. The molecular formula is C10H9N3O9. The lowest BCUT2D eigenvalue weighted by Crippen LogP contribution is -2.11. The molecule has 0 radical (unpaired) electrons. The highest BCUT2D eigenvalue weighted by Gasteiger charge is 2.32. The van der Waals surface area contributed by atoms with Gasteiger partial charge in [0.2, 0.25) is 0 Å². The van der Waals surface area contributed by atoms with Crippen LogP contribution in [0.25, 0.3) is 0 Å². The van der Waals surface area contributed by atoms with Crippen molar-refractivity contribution in [3.05, 3.63) is 42.5 Å². The number of hydrogen-bond donors (Lipinski definition) is 0. The number of esters is 1. The molecule has 1 aromatic carbocycles. The normalized spacial score (nSPS) is 9.86. The van der Waals surface area contributed by atoms with Gasteiger partial charge in [-0.3, -0.25) is 35.1 Å². The molecule has 1 rings (SSSR count). The van der Waals surface area contributed by atoms with Crippen LogP contribution in [0.2, 0.25) is 0 Å². The fourth-order valence-corrected chi connectivity index (χ4v) is 1.44. The number of nitro groups is 3. The Morgan fingerprint density at radius 2 is 1.50 bits per heavy atom. The average molecular weight is 315 g/mol. The zero-order valence-corrected chi connectivity index (χ0v) is 11.1. The van der Waals surface area contributed by atoms with Crippen molar-refractivity contribution >= 4 is 23.0 Å². The molecule has 0 N–H and O–H groups in total. The van der Waals surface area contributed by atoms with Crippen LogP contribution < -0.4 is 4.74 Å². The highest BCUT2D eigenvalue weighted by molar-refractivity contribution is 5.66. The number of hydrogen-bond acceptors (Lipinski definition) is 9. The van der Waals surface area contributed by atoms with Crippen LogP contribution in [0.1, 0.15) is 6.92 Å². The third kappa shape index (κ3) is 4.09. The topological polar surface area (TPSA) is 165 Å². The average Bonchev–Trinajstić information content (AvgIpc) is 2.42. The summed E-state index contributed by atoms with van der Waals surface area (Å²) in [5, 5.41) is 32.5. The molecule has 0 fully saturated rings. The highest BCUT2D eigenvalue weighted by atomic mass is 16.6. The van der Waals surface area contributed by atoms with Gasteiger partial charge < -0.3 is 9.47 Å².